The fourth-order valence-corrected chi connectivity index (χ4v) is 6.20. The van der Waals surface area contributed by atoms with E-state index < -0.39 is 15.9 Å². The van der Waals surface area contributed by atoms with Gasteiger partial charge < -0.3 is 25.4 Å². The van der Waals surface area contributed by atoms with Gasteiger partial charge in [0.15, 0.2) is 9.84 Å². The Labute approximate surface area is 215 Å². The Morgan fingerprint density at radius 1 is 0.972 bits per heavy atom. The molecular weight excluding hydrogens is 478 g/mol. The monoisotopic (exact) mass is 519 g/mol. The predicted molar refractivity (Wildman–Crippen MR) is 141 cm³/mol. The summed E-state index contributed by atoms with van der Waals surface area (Å²) in [6.07, 6.45) is 8.00. The molecule has 1 atom stereocenters. The van der Waals surface area contributed by atoms with Crippen LogP contribution >= 0.6 is 0 Å². The van der Waals surface area contributed by atoms with Crippen molar-refractivity contribution in [2.24, 2.45) is 0 Å². The van der Waals surface area contributed by atoms with E-state index in [1.54, 1.807) is 12.1 Å². The number of sulfone groups is 1. The second kappa shape index (κ2) is 14.7. The van der Waals surface area contributed by atoms with Gasteiger partial charge in [-0.2, -0.15) is 0 Å². The average Bonchev–Trinajstić information content (AvgIpc) is 2.87. The summed E-state index contributed by atoms with van der Waals surface area (Å²) in [5.74, 6) is 0.306. The number of nitrogens with one attached hydrogen (secondary N) is 1. The molecule has 8 heteroatoms. The molecule has 0 aromatic heterocycles. The minimum atomic E-state index is -3.09. The summed E-state index contributed by atoms with van der Waals surface area (Å²) in [7, 11) is -3.09. The standard InChI is InChI=1S/C28H41NO6S/c30-21-25-19-24(12-13-26(25)31)27(32)20-29-14-4-1-2-5-15-35-16-6-3-8-22-10-11-23-9-7-17-36(33,34)28(23)18-22/h10-13,18-19,27,29-32H,1-9,14-17,20-21H2/t27-/m0/s1. The van der Waals surface area contributed by atoms with Gasteiger partial charge in [0.1, 0.15) is 5.75 Å². The van der Waals surface area contributed by atoms with Gasteiger partial charge in [0.25, 0.3) is 0 Å². The molecule has 36 heavy (non-hydrogen) atoms. The summed E-state index contributed by atoms with van der Waals surface area (Å²) in [5, 5.41) is 32.3. The maximum Gasteiger partial charge on any atom is 0.178 e. The minimum absolute atomic E-state index is 0.0371. The third kappa shape index (κ3) is 8.85. The van der Waals surface area contributed by atoms with E-state index in [1.165, 1.54) is 6.07 Å². The van der Waals surface area contributed by atoms with Crippen molar-refractivity contribution in [3.05, 3.63) is 58.7 Å². The number of aliphatic hydroxyl groups excluding tert-OH is 2. The van der Waals surface area contributed by atoms with E-state index in [1.807, 2.05) is 12.1 Å². The summed E-state index contributed by atoms with van der Waals surface area (Å²) in [6.45, 7) is 2.50. The van der Waals surface area contributed by atoms with Crippen molar-refractivity contribution < 1.29 is 28.5 Å². The van der Waals surface area contributed by atoms with Gasteiger partial charge in [-0.05, 0) is 86.4 Å². The summed E-state index contributed by atoms with van der Waals surface area (Å²) in [6, 6.07) is 10.7. The van der Waals surface area contributed by atoms with Crippen LogP contribution in [0.15, 0.2) is 41.3 Å². The van der Waals surface area contributed by atoms with Crippen LogP contribution in [0.3, 0.4) is 0 Å². The SMILES string of the molecule is O=S1(=O)CCCc2ccc(CCCCOCCCCCCNC[C@H](O)c3ccc(O)c(CO)c3)cc21. The van der Waals surface area contributed by atoms with Crippen LogP contribution in [0.5, 0.6) is 5.75 Å². The smallest absolute Gasteiger partial charge is 0.178 e. The quantitative estimate of drug-likeness (QED) is 0.249. The largest absolute Gasteiger partial charge is 0.508 e. The Morgan fingerprint density at radius 2 is 1.75 bits per heavy atom. The highest BCUT2D eigenvalue weighted by Crippen LogP contribution is 2.26. The van der Waals surface area contributed by atoms with Crippen LogP contribution in [0.1, 0.15) is 73.3 Å². The topological polar surface area (TPSA) is 116 Å². The Balaban J connectivity index is 1.16. The third-order valence-electron chi connectivity index (χ3n) is 6.72. The molecule has 0 radical (unpaired) electrons. The Morgan fingerprint density at radius 3 is 2.56 bits per heavy atom. The van der Waals surface area contributed by atoms with Crippen LogP contribution in [0, 0.1) is 0 Å². The molecule has 0 unspecified atom stereocenters. The molecule has 0 saturated carbocycles. The summed E-state index contributed by atoms with van der Waals surface area (Å²) in [5.41, 5.74) is 3.16. The highest BCUT2D eigenvalue weighted by atomic mass is 32.2. The van der Waals surface area contributed by atoms with E-state index in [9.17, 15) is 23.7 Å². The van der Waals surface area contributed by atoms with E-state index >= 15 is 0 Å². The molecule has 0 bridgehead atoms. The lowest BCUT2D eigenvalue weighted by Crippen LogP contribution is -2.22. The predicted octanol–water partition coefficient (Wildman–Crippen LogP) is 3.83. The molecule has 4 N–H and O–H groups in total. The molecule has 1 aliphatic heterocycles. The van der Waals surface area contributed by atoms with Crippen molar-refractivity contribution in [3.8, 4) is 5.75 Å². The molecule has 3 rings (SSSR count). The highest BCUT2D eigenvalue weighted by molar-refractivity contribution is 7.91. The van der Waals surface area contributed by atoms with Crippen LogP contribution in [-0.4, -0.2) is 55.8 Å². The second-order valence-corrected chi connectivity index (χ2v) is 11.7. The molecule has 1 heterocycles. The first-order valence-corrected chi connectivity index (χ1v) is 14.8. The van der Waals surface area contributed by atoms with E-state index in [2.05, 4.69) is 11.4 Å². The molecule has 0 fully saturated rings. The average molecular weight is 520 g/mol. The summed E-state index contributed by atoms with van der Waals surface area (Å²) in [4.78, 5) is 0.544. The maximum atomic E-state index is 12.3. The fraction of sp³-hybridized carbons (Fsp3) is 0.571. The minimum Gasteiger partial charge on any atom is -0.508 e. The van der Waals surface area contributed by atoms with Crippen LogP contribution in [0.25, 0.3) is 0 Å². The van der Waals surface area contributed by atoms with E-state index in [0.717, 1.165) is 88.7 Å². The zero-order valence-corrected chi connectivity index (χ0v) is 21.9. The van der Waals surface area contributed by atoms with Crippen molar-refractivity contribution in [2.75, 3.05) is 32.1 Å². The van der Waals surface area contributed by atoms with Gasteiger partial charge in [0.05, 0.1) is 23.4 Å². The number of ether oxygens (including phenoxy) is 1. The number of phenols is 1. The Hall–Kier alpha value is -1.97. The molecule has 0 amide bonds. The van der Waals surface area contributed by atoms with Crippen molar-refractivity contribution >= 4 is 9.84 Å². The van der Waals surface area contributed by atoms with Gasteiger partial charge in [-0.25, -0.2) is 8.42 Å². The zero-order chi connectivity index (χ0) is 25.8. The number of benzene rings is 2. The van der Waals surface area contributed by atoms with Gasteiger partial charge in [0.2, 0.25) is 0 Å². The fourth-order valence-electron chi connectivity index (χ4n) is 4.55. The molecule has 7 nitrogen and oxygen atoms in total. The van der Waals surface area contributed by atoms with Gasteiger partial charge in [-0.15, -0.1) is 0 Å². The van der Waals surface area contributed by atoms with Crippen LogP contribution in [0.4, 0.5) is 0 Å². The number of fused-ring (bicyclic) bond motifs is 1. The number of rotatable bonds is 16. The highest BCUT2D eigenvalue weighted by Gasteiger charge is 2.23. The molecule has 2 aromatic rings. The number of hydrogen-bond acceptors (Lipinski definition) is 7. The normalized spacial score (nSPS) is 15.5. The Bertz CT molecular complexity index is 1060. The molecule has 2 aromatic carbocycles. The number of unbranched alkanes of at least 4 members (excludes halogenated alkanes) is 4. The lowest BCUT2D eigenvalue weighted by Gasteiger charge is -2.17. The van der Waals surface area contributed by atoms with Crippen LogP contribution < -0.4 is 5.32 Å². The first kappa shape index (κ1) is 28.6. The van der Waals surface area contributed by atoms with Crippen molar-refractivity contribution in [1.29, 1.82) is 0 Å². The Kier molecular flexibility index (Phi) is 11.7. The van der Waals surface area contributed by atoms with Crippen molar-refractivity contribution in [2.45, 2.75) is 75.4 Å². The van der Waals surface area contributed by atoms with Gasteiger partial charge >= 0.3 is 0 Å². The lowest BCUT2D eigenvalue weighted by molar-refractivity contribution is 0.126. The van der Waals surface area contributed by atoms with E-state index in [-0.39, 0.29) is 18.1 Å². The van der Waals surface area contributed by atoms with Crippen LogP contribution in [0.2, 0.25) is 0 Å². The van der Waals surface area contributed by atoms with E-state index in [4.69, 9.17) is 4.74 Å². The lowest BCUT2D eigenvalue weighted by atomic mass is 10.0. The maximum absolute atomic E-state index is 12.3. The number of hydrogen-bond donors (Lipinski definition) is 4. The molecule has 0 saturated heterocycles. The molecular formula is C28H41NO6S. The van der Waals surface area contributed by atoms with Crippen molar-refractivity contribution in [1.82, 2.24) is 5.32 Å². The van der Waals surface area contributed by atoms with Gasteiger partial charge in [-0.1, -0.05) is 31.0 Å². The third-order valence-corrected chi connectivity index (χ3v) is 8.59. The first-order chi connectivity index (χ1) is 17.4. The first-order valence-electron chi connectivity index (χ1n) is 13.1. The molecule has 0 aliphatic carbocycles. The molecule has 1 aliphatic rings. The molecule has 200 valence electrons. The zero-order valence-electron chi connectivity index (χ0n) is 21.1. The summed E-state index contributed by atoms with van der Waals surface area (Å²) < 4.78 is 30.3. The second-order valence-electron chi connectivity index (χ2n) is 9.61. The number of aromatic hydroxyl groups is 1. The number of aryl methyl sites for hydroxylation is 2. The van der Waals surface area contributed by atoms with Crippen LogP contribution in [-0.2, 0) is 34.0 Å². The van der Waals surface area contributed by atoms with Gasteiger partial charge in [0, 0.05) is 25.3 Å². The van der Waals surface area contributed by atoms with Crippen molar-refractivity contribution in [3.63, 3.8) is 0 Å². The molecule has 0 spiro atoms. The number of aliphatic hydroxyl groups is 2. The summed E-state index contributed by atoms with van der Waals surface area (Å²) >= 11 is 0. The van der Waals surface area contributed by atoms with Gasteiger partial charge in [-0.3, -0.25) is 0 Å². The van der Waals surface area contributed by atoms with E-state index in [0.29, 0.717) is 22.6 Å².